The minimum atomic E-state index is -0.538. The molecule has 0 saturated heterocycles. The second-order valence-corrected chi connectivity index (χ2v) is 6.73. The highest BCUT2D eigenvalue weighted by atomic mass is 17.2. The molecular formula is C19H27O5. The van der Waals surface area contributed by atoms with Crippen LogP contribution in [0.15, 0.2) is 18.2 Å². The third-order valence-electron chi connectivity index (χ3n) is 4.58. The van der Waals surface area contributed by atoms with Gasteiger partial charge < -0.3 is 9.47 Å². The summed E-state index contributed by atoms with van der Waals surface area (Å²) in [6, 6.07) is 4.88. The lowest BCUT2D eigenvalue weighted by molar-refractivity contribution is -0.251. The predicted molar refractivity (Wildman–Crippen MR) is 90.6 cm³/mol. The van der Waals surface area contributed by atoms with Crippen LogP contribution in [-0.2, 0) is 9.78 Å². The third kappa shape index (κ3) is 4.41. The molecule has 5 nitrogen and oxygen atoms in total. The zero-order chi connectivity index (χ0) is 17.7. The van der Waals surface area contributed by atoms with Crippen molar-refractivity contribution in [1.82, 2.24) is 0 Å². The van der Waals surface area contributed by atoms with Gasteiger partial charge in [0.1, 0.15) is 0 Å². The lowest BCUT2D eigenvalue weighted by Gasteiger charge is -2.34. The predicted octanol–water partition coefficient (Wildman–Crippen LogP) is 4.42. The Labute approximate surface area is 144 Å². The van der Waals surface area contributed by atoms with Crippen molar-refractivity contribution in [2.24, 2.45) is 17.8 Å². The van der Waals surface area contributed by atoms with E-state index in [4.69, 9.17) is 19.2 Å². The SMILES string of the molecule is COc1ccc(C(=O)OO[C]2CC(C)CCC2C(C)C)cc1OC. The van der Waals surface area contributed by atoms with Crippen LogP contribution < -0.4 is 9.47 Å². The lowest BCUT2D eigenvalue weighted by Crippen LogP contribution is -2.28. The van der Waals surface area contributed by atoms with Gasteiger partial charge in [0.25, 0.3) is 0 Å². The number of rotatable bonds is 6. The molecule has 133 valence electrons. The smallest absolute Gasteiger partial charge is 0.373 e. The topological polar surface area (TPSA) is 54.0 Å². The molecule has 0 spiro atoms. The molecule has 1 aliphatic carbocycles. The van der Waals surface area contributed by atoms with Crippen molar-refractivity contribution in [3.05, 3.63) is 29.9 Å². The molecule has 0 aromatic heterocycles. The van der Waals surface area contributed by atoms with Crippen molar-refractivity contribution in [2.45, 2.75) is 40.0 Å². The first-order valence-corrected chi connectivity index (χ1v) is 8.42. The Kier molecular flexibility index (Phi) is 6.49. The fourth-order valence-corrected chi connectivity index (χ4v) is 3.13. The van der Waals surface area contributed by atoms with Gasteiger partial charge in [0.05, 0.1) is 19.8 Å². The first-order valence-electron chi connectivity index (χ1n) is 8.42. The summed E-state index contributed by atoms with van der Waals surface area (Å²) in [7, 11) is 3.07. The van der Waals surface area contributed by atoms with Gasteiger partial charge >= 0.3 is 5.97 Å². The number of carbonyl (C=O) groups excluding carboxylic acids is 1. The van der Waals surface area contributed by atoms with Crippen LogP contribution in [-0.4, -0.2) is 20.2 Å². The monoisotopic (exact) mass is 335 g/mol. The van der Waals surface area contributed by atoms with Gasteiger partial charge in [-0.2, -0.15) is 4.89 Å². The molecule has 1 aromatic rings. The first-order chi connectivity index (χ1) is 11.5. The number of carbonyl (C=O) groups is 1. The fraction of sp³-hybridized carbons (Fsp3) is 0.579. The van der Waals surface area contributed by atoms with Crippen LogP contribution in [0.1, 0.15) is 50.4 Å². The first kappa shape index (κ1) is 18.6. The molecule has 24 heavy (non-hydrogen) atoms. The highest BCUT2D eigenvalue weighted by molar-refractivity contribution is 5.89. The van der Waals surface area contributed by atoms with E-state index in [1.807, 2.05) is 0 Å². The molecule has 0 amide bonds. The Morgan fingerprint density at radius 1 is 1.12 bits per heavy atom. The van der Waals surface area contributed by atoms with Gasteiger partial charge in [-0.05, 0) is 48.8 Å². The summed E-state index contributed by atoms with van der Waals surface area (Å²) in [6.45, 7) is 6.52. The van der Waals surface area contributed by atoms with Crippen LogP contribution in [0.3, 0.4) is 0 Å². The molecule has 2 atom stereocenters. The van der Waals surface area contributed by atoms with Crippen molar-refractivity contribution in [3.8, 4) is 11.5 Å². The van der Waals surface area contributed by atoms with E-state index in [-0.39, 0.29) is 0 Å². The molecule has 2 rings (SSSR count). The van der Waals surface area contributed by atoms with Gasteiger partial charge in [0.15, 0.2) is 17.6 Å². The molecule has 1 aromatic carbocycles. The van der Waals surface area contributed by atoms with Crippen LogP contribution in [0.25, 0.3) is 0 Å². The number of methoxy groups -OCH3 is 2. The van der Waals surface area contributed by atoms with Crippen LogP contribution >= 0.6 is 0 Å². The van der Waals surface area contributed by atoms with E-state index in [1.54, 1.807) is 25.3 Å². The van der Waals surface area contributed by atoms with Crippen LogP contribution in [0, 0.1) is 23.9 Å². The summed E-state index contributed by atoms with van der Waals surface area (Å²) in [6.07, 6.45) is 3.96. The van der Waals surface area contributed by atoms with E-state index in [2.05, 4.69) is 20.8 Å². The van der Waals surface area contributed by atoms with E-state index < -0.39 is 5.97 Å². The number of hydrogen-bond donors (Lipinski definition) is 0. The normalized spacial score (nSPS) is 21.6. The minimum absolute atomic E-state index is 0.333. The fourth-order valence-electron chi connectivity index (χ4n) is 3.13. The molecule has 1 aliphatic rings. The zero-order valence-corrected chi connectivity index (χ0v) is 15.1. The van der Waals surface area contributed by atoms with Gasteiger partial charge in [-0.1, -0.05) is 27.2 Å². The molecule has 5 heteroatoms. The van der Waals surface area contributed by atoms with Crippen molar-refractivity contribution < 1.29 is 24.0 Å². The van der Waals surface area contributed by atoms with Crippen LogP contribution in [0.2, 0.25) is 0 Å². The molecule has 1 radical (unpaired) electrons. The largest absolute Gasteiger partial charge is 0.493 e. The van der Waals surface area contributed by atoms with E-state index in [9.17, 15) is 4.79 Å². The average molecular weight is 335 g/mol. The molecule has 0 N–H and O–H groups in total. The molecule has 2 unspecified atom stereocenters. The van der Waals surface area contributed by atoms with E-state index in [0.717, 1.165) is 18.9 Å². The molecule has 0 aliphatic heterocycles. The maximum atomic E-state index is 12.3. The number of hydrogen-bond acceptors (Lipinski definition) is 5. The van der Waals surface area contributed by atoms with E-state index >= 15 is 0 Å². The van der Waals surface area contributed by atoms with Gasteiger partial charge in [-0.25, -0.2) is 4.79 Å². The summed E-state index contributed by atoms with van der Waals surface area (Å²) in [4.78, 5) is 22.8. The number of benzene rings is 1. The second-order valence-electron chi connectivity index (χ2n) is 6.73. The molecule has 0 bridgehead atoms. The van der Waals surface area contributed by atoms with Gasteiger partial charge in [0, 0.05) is 0 Å². The zero-order valence-electron chi connectivity index (χ0n) is 15.1. The van der Waals surface area contributed by atoms with Crippen molar-refractivity contribution in [1.29, 1.82) is 0 Å². The Bertz CT molecular complexity index is 555. The maximum Gasteiger partial charge on any atom is 0.373 e. The van der Waals surface area contributed by atoms with E-state index in [0.29, 0.717) is 34.8 Å². The van der Waals surface area contributed by atoms with Gasteiger partial charge in [0.2, 0.25) is 0 Å². The third-order valence-corrected chi connectivity index (χ3v) is 4.58. The molecule has 1 fully saturated rings. The maximum absolute atomic E-state index is 12.3. The van der Waals surface area contributed by atoms with Gasteiger partial charge in [-0.3, -0.25) is 4.89 Å². The van der Waals surface area contributed by atoms with Crippen molar-refractivity contribution >= 4 is 5.97 Å². The lowest BCUT2D eigenvalue weighted by atomic mass is 9.75. The van der Waals surface area contributed by atoms with Crippen LogP contribution in [0.5, 0.6) is 11.5 Å². The highest BCUT2D eigenvalue weighted by Gasteiger charge is 2.34. The Morgan fingerprint density at radius 2 is 1.83 bits per heavy atom. The summed E-state index contributed by atoms with van der Waals surface area (Å²) < 4.78 is 10.4. The quantitative estimate of drug-likeness (QED) is 0.569. The van der Waals surface area contributed by atoms with Gasteiger partial charge in [-0.15, -0.1) is 0 Å². The molecule has 0 heterocycles. The molecule has 1 saturated carbocycles. The minimum Gasteiger partial charge on any atom is -0.493 e. The standard InChI is InChI=1S/C19H27O5/c1-12(2)15-8-6-13(3)10-17(15)23-24-19(20)14-7-9-16(21-4)18(11-14)22-5/h7,9,11-13,15H,6,8,10H2,1-5H3. The summed E-state index contributed by atoms with van der Waals surface area (Å²) >= 11 is 0. The highest BCUT2D eigenvalue weighted by Crippen LogP contribution is 2.40. The second kappa shape index (κ2) is 8.38. The molecular weight excluding hydrogens is 308 g/mol. The van der Waals surface area contributed by atoms with Crippen molar-refractivity contribution in [2.75, 3.05) is 14.2 Å². The summed E-state index contributed by atoms with van der Waals surface area (Å²) in [5.41, 5.74) is 0.359. The summed E-state index contributed by atoms with van der Waals surface area (Å²) in [5.74, 6) is 1.85. The Morgan fingerprint density at radius 3 is 2.46 bits per heavy atom. The van der Waals surface area contributed by atoms with Crippen LogP contribution in [0.4, 0.5) is 0 Å². The van der Waals surface area contributed by atoms with Crippen molar-refractivity contribution in [3.63, 3.8) is 0 Å². The Hall–Kier alpha value is -1.75. The average Bonchev–Trinajstić information content (AvgIpc) is 2.58. The van der Waals surface area contributed by atoms with E-state index in [1.165, 1.54) is 13.5 Å². The number of ether oxygens (including phenoxy) is 2. The summed E-state index contributed by atoms with van der Waals surface area (Å²) in [5, 5.41) is 0. The Balaban J connectivity index is 2.01.